The molecule has 0 aliphatic heterocycles. The van der Waals surface area contributed by atoms with E-state index in [9.17, 15) is 18.0 Å². The molecule has 0 unspecified atom stereocenters. The molecule has 0 saturated carbocycles. The Bertz CT molecular complexity index is 260. The van der Waals surface area contributed by atoms with Gasteiger partial charge in [-0.05, 0) is 26.2 Å². The molecule has 0 saturated heterocycles. The van der Waals surface area contributed by atoms with E-state index in [1.165, 1.54) is 0 Å². The molecule has 1 N–H and O–H groups in total. The van der Waals surface area contributed by atoms with Crippen LogP contribution in [-0.4, -0.2) is 18.1 Å². The zero-order valence-corrected chi connectivity index (χ0v) is 8.47. The Hall–Kier alpha value is -1.00. The van der Waals surface area contributed by atoms with Crippen molar-refractivity contribution in [3.05, 3.63) is 12.2 Å². The summed E-state index contributed by atoms with van der Waals surface area (Å²) in [6, 6.07) is -0.146. The van der Waals surface area contributed by atoms with Gasteiger partial charge in [0.1, 0.15) is 5.92 Å². The van der Waals surface area contributed by atoms with Gasteiger partial charge in [-0.1, -0.05) is 12.2 Å². The molecule has 1 aliphatic carbocycles. The zero-order valence-electron chi connectivity index (χ0n) is 8.47. The maximum atomic E-state index is 12.2. The third kappa shape index (κ3) is 3.57. The van der Waals surface area contributed by atoms with Crippen molar-refractivity contribution in [1.29, 1.82) is 0 Å². The average molecular weight is 221 g/mol. The molecule has 5 heteroatoms. The lowest BCUT2D eigenvalue weighted by atomic mass is 10.0. The molecule has 1 amide bonds. The van der Waals surface area contributed by atoms with Crippen molar-refractivity contribution < 1.29 is 18.0 Å². The van der Waals surface area contributed by atoms with Crippen molar-refractivity contribution >= 4 is 5.91 Å². The molecule has 2 atom stereocenters. The van der Waals surface area contributed by atoms with Crippen molar-refractivity contribution in [2.75, 3.05) is 0 Å². The Kier molecular flexibility index (Phi) is 3.77. The first-order valence-electron chi connectivity index (χ1n) is 4.93. The van der Waals surface area contributed by atoms with Crippen molar-refractivity contribution in [2.45, 2.75) is 38.4 Å². The Labute approximate surface area is 86.5 Å². The molecule has 1 aliphatic rings. The fourth-order valence-electron chi connectivity index (χ4n) is 1.40. The van der Waals surface area contributed by atoms with Crippen molar-refractivity contribution in [3.63, 3.8) is 0 Å². The van der Waals surface area contributed by atoms with Crippen LogP contribution in [0.3, 0.4) is 0 Å². The van der Waals surface area contributed by atoms with Crippen molar-refractivity contribution in [1.82, 2.24) is 5.32 Å². The van der Waals surface area contributed by atoms with Crippen LogP contribution in [0, 0.1) is 5.92 Å². The van der Waals surface area contributed by atoms with Crippen LogP contribution in [-0.2, 0) is 4.79 Å². The van der Waals surface area contributed by atoms with Crippen molar-refractivity contribution in [2.24, 2.45) is 5.92 Å². The SMILES string of the molecule is C[C@@H](C(=O)N[C@@H]1CC=CCC1)C(F)(F)F. The first kappa shape index (κ1) is 12.1. The first-order chi connectivity index (χ1) is 6.91. The highest BCUT2D eigenvalue weighted by Crippen LogP contribution is 2.26. The highest BCUT2D eigenvalue weighted by Gasteiger charge is 2.41. The second kappa shape index (κ2) is 4.68. The number of carbonyl (C=O) groups excluding carboxylic acids is 1. The molecule has 0 aromatic heterocycles. The second-order valence-corrected chi connectivity index (χ2v) is 3.75. The molecule has 2 nitrogen and oxygen atoms in total. The molecule has 0 aromatic carbocycles. The summed E-state index contributed by atoms with van der Waals surface area (Å²) in [6.45, 7) is 0.883. The van der Waals surface area contributed by atoms with E-state index in [0.29, 0.717) is 12.8 Å². The first-order valence-corrected chi connectivity index (χ1v) is 4.93. The third-order valence-electron chi connectivity index (χ3n) is 2.50. The van der Waals surface area contributed by atoms with Gasteiger partial charge in [-0.15, -0.1) is 0 Å². The summed E-state index contributed by atoms with van der Waals surface area (Å²) in [5.41, 5.74) is 0. The summed E-state index contributed by atoms with van der Waals surface area (Å²) < 4.78 is 36.5. The van der Waals surface area contributed by atoms with Gasteiger partial charge in [0.15, 0.2) is 0 Å². The molecule has 0 radical (unpaired) electrons. The number of allylic oxidation sites excluding steroid dienone is 1. The molecule has 15 heavy (non-hydrogen) atoms. The number of rotatable bonds is 2. The monoisotopic (exact) mass is 221 g/mol. The van der Waals surface area contributed by atoms with Gasteiger partial charge in [-0.3, -0.25) is 4.79 Å². The van der Waals surface area contributed by atoms with E-state index in [-0.39, 0.29) is 6.04 Å². The fourth-order valence-corrected chi connectivity index (χ4v) is 1.40. The molecule has 0 bridgehead atoms. The van der Waals surface area contributed by atoms with Crippen LogP contribution in [0.2, 0.25) is 0 Å². The van der Waals surface area contributed by atoms with Crippen LogP contribution >= 0.6 is 0 Å². The second-order valence-electron chi connectivity index (χ2n) is 3.75. The van der Waals surface area contributed by atoms with Crippen LogP contribution in [0.15, 0.2) is 12.2 Å². The molecular weight excluding hydrogens is 207 g/mol. The third-order valence-corrected chi connectivity index (χ3v) is 2.50. The lowest BCUT2D eigenvalue weighted by Crippen LogP contribution is -2.43. The van der Waals surface area contributed by atoms with Gasteiger partial charge in [-0.2, -0.15) is 13.2 Å². The summed E-state index contributed by atoms with van der Waals surface area (Å²) >= 11 is 0. The molecule has 0 spiro atoms. The standard InChI is InChI=1S/C10H14F3NO/c1-7(10(11,12)13)9(15)14-8-5-3-2-4-6-8/h2-3,7-8H,4-6H2,1H3,(H,14,15)/t7-,8+/m0/s1. The quantitative estimate of drug-likeness (QED) is 0.713. The number of hydrogen-bond donors (Lipinski definition) is 1. The van der Waals surface area contributed by atoms with E-state index in [0.717, 1.165) is 13.3 Å². The minimum absolute atomic E-state index is 0.146. The smallest absolute Gasteiger partial charge is 0.353 e. The van der Waals surface area contributed by atoms with Gasteiger partial charge in [0, 0.05) is 6.04 Å². The van der Waals surface area contributed by atoms with Crippen LogP contribution in [0.25, 0.3) is 0 Å². The normalized spacial score (nSPS) is 23.6. The molecule has 86 valence electrons. The minimum Gasteiger partial charge on any atom is -0.353 e. The van der Waals surface area contributed by atoms with Crippen LogP contribution in [0.4, 0.5) is 13.2 Å². The van der Waals surface area contributed by atoms with Gasteiger partial charge in [-0.25, -0.2) is 0 Å². The Balaban J connectivity index is 2.44. The van der Waals surface area contributed by atoms with E-state index < -0.39 is 18.0 Å². The summed E-state index contributed by atoms with van der Waals surface area (Å²) in [6.07, 6.45) is 1.55. The van der Waals surface area contributed by atoms with E-state index in [4.69, 9.17) is 0 Å². The molecule has 1 rings (SSSR count). The summed E-state index contributed by atoms with van der Waals surface area (Å²) in [7, 11) is 0. The number of nitrogens with one attached hydrogen (secondary N) is 1. The molecular formula is C10H14F3NO. The van der Waals surface area contributed by atoms with Gasteiger partial charge < -0.3 is 5.32 Å². The topological polar surface area (TPSA) is 29.1 Å². The average Bonchev–Trinajstić information content (AvgIpc) is 2.16. The van der Waals surface area contributed by atoms with E-state index in [2.05, 4.69) is 5.32 Å². The number of halogens is 3. The minimum atomic E-state index is -4.45. The molecule has 0 heterocycles. The van der Waals surface area contributed by atoms with Crippen LogP contribution in [0.5, 0.6) is 0 Å². The predicted molar refractivity (Wildman–Crippen MR) is 50.1 cm³/mol. The lowest BCUT2D eigenvalue weighted by molar-refractivity contribution is -0.179. The molecule has 0 aromatic rings. The number of hydrogen-bond acceptors (Lipinski definition) is 1. The lowest BCUT2D eigenvalue weighted by Gasteiger charge is -2.22. The van der Waals surface area contributed by atoms with Crippen LogP contribution in [0.1, 0.15) is 26.2 Å². The predicted octanol–water partition coefficient (Wildman–Crippen LogP) is 2.41. The highest BCUT2D eigenvalue weighted by atomic mass is 19.4. The number of alkyl halides is 3. The van der Waals surface area contributed by atoms with E-state index in [1.807, 2.05) is 12.2 Å². The maximum absolute atomic E-state index is 12.2. The van der Waals surface area contributed by atoms with Crippen LogP contribution < -0.4 is 5.32 Å². The number of amides is 1. The van der Waals surface area contributed by atoms with E-state index in [1.54, 1.807) is 0 Å². The Morgan fingerprint density at radius 3 is 2.60 bits per heavy atom. The maximum Gasteiger partial charge on any atom is 0.400 e. The van der Waals surface area contributed by atoms with Gasteiger partial charge >= 0.3 is 6.18 Å². The zero-order chi connectivity index (χ0) is 11.5. The summed E-state index contributed by atoms with van der Waals surface area (Å²) in [5.74, 6) is -2.86. The highest BCUT2D eigenvalue weighted by molar-refractivity contribution is 5.79. The van der Waals surface area contributed by atoms with E-state index >= 15 is 0 Å². The Morgan fingerprint density at radius 2 is 2.13 bits per heavy atom. The number of carbonyl (C=O) groups is 1. The largest absolute Gasteiger partial charge is 0.400 e. The van der Waals surface area contributed by atoms with Gasteiger partial charge in [0.05, 0.1) is 0 Å². The van der Waals surface area contributed by atoms with Crippen molar-refractivity contribution in [3.8, 4) is 0 Å². The fraction of sp³-hybridized carbons (Fsp3) is 0.700. The van der Waals surface area contributed by atoms with Gasteiger partial charge in [0.2, 0.25) is 5.91 Å². The summed E-state index contributed by atoms with van der Waals surface area (Å²) in [4.78, 5) is 11.2. The Morgan fingerprint density at radius 1 is 1.47 bits per heavy atom. The van der Waals surface area contributed by atoms with Gasteiger partial charge in [0.25, 0.3) is 0 Å². The summed E-state index contributed by atoms with van der Waals surface area (Å²) in [5, 5.41) is 2.41. The molecule has 0 fully saturated rings.